The van der Waals surface area contributed by atoms with E-state index < -0.39 is 0 Å². The summed E-state index contributed by atoms with van der Waals surface area (Å²) in [5.74, 6) is 0.974. The van der Waals surface area contributed by atoms with Gasteiger partial charge in [-0.25, -0.2) is 0 Å². The molecule has 0 spiro atoms. The van der Waals surface area contributed by atoms with E-state index in [1.807, 2.05) is 37.2 Å². The largest absolute Gasteiger partial charge is 0.334 e. The molecule has 0 radical (unpaired) electrons. The number of rotatable bonds is 4. The molecule has 0 saturated heterocycles. The highest BCUT2D eigenvalue weighted by atomic mass is 79.9. The van der Waals surface area contributed by atoms with Crippen LogP contribution in [0.25, 0.3) is 11.5 Å². The molecule has 5 nitrogen and oxygen atoms in total. The van der Waals surface area contributed by atoms with E-state index in [0.717, 1.165) is 14.5 Å². The second-order valence-electron chi connectivity index (χ2n) is 4.45. The average molecular weight is 390 g/mol. The number of hydrogen-bond acceptors (Lipinski definition) is 5. The molecule has 0 bridgehead atoms. The van der Waals surface area contributed by atoms with Crippen molar-refractivity contribution in [1.29, 1.82) is 0 Å². The van der Waals surface area contributed by atoms with E-state index in [-0.39, 0.29) is 6.04 Å². The second-order valence-corrected chi connectivity index (χ2v) is 6.22. The van der Waals surface area contributed by atoms with Crippen LogP contribution in [0, 0.1) is 0 Å². The summed E-state index contributed by atoms with van der Waals surface area (Å²) in [6, 6.07) is 5.49. The van der Waals surface area contributed by atoms with Crippen LogP contribution >= 0.6 is 31.9 Å². The van der Waals surface area contributed by atoms with Gasteiger partial charge in [0, 0.05) is 15.5 Å². The van der Waals surface area contributed by atoms with Crippen LogP contribution in [0.4, 0.5) is 0 Å². The molecule has 0 amide bonds. The van der Waals surface area contributed by atoms with Gasteiger partial charge in [0.05, 0.1) is 11.6 Å². The van der Waals surface area contributed by atoms with Gasteiger partial charge in [-0.05, 0) is 48.2 Å². The van der Waals surface area contributed by atoms with Crippen LogP contribution in [0.3, 0.4) is 0 Å². The molecular formula is C12H14Br2N4O. The van der Waals surface area contributed by atoms with Crippen molar-refractivity contribution in [3.63, 3.8) is 0 Å². The summed E-state index contributed by atoms with van der Waals surface area (Å²) in [5.41, 5.74) is 6.85. The van der Waals surface area contributed by atoms with Crippen molar-refractivity contribution >= 4 is 31.9 Å². The van der Waals surface area contributed by atoms with Crippen molar-refractivity contribution in [3.8, 4) is 11.5 Å². The topological polar surface area (TPSA) is 68.2 Å². The Kier molecular flexibility index (Phi) is 4.72. The van der Waals surface area contributed by atoms with E-state index >= 15 is 0 Å². The molecule has 0 aliphatic rings. The Labute approximate surface area is 128 Å². The lowest BCUT2D eigenvalue weighted by Crippen LogP contribution is -2.26. The van der Waals surface area contributed by atoms with Crippen molar-refractivity contribution in [2.45, 2.75) is 6.04 Å². The summed E-state index contributed by atoms with van der Waals surface area (Å²) in [4.78, 5) is 6.33. The Balaban J connectivity index is 2.25. The molecule has 19 heavy (non-hydrogen) atoms. The molecule has 1 aromatic carbocycles. The summed E-state index contributed by atoms with van der Waals surface area (Å²) < 4.78 is 7.14. The molecule has 1 atom stereocenters. The Morgan fingerprint density at radius 1 is 1.37 bits per heavy atom. The number of aromatic nitrogens is 2. The van der Waals surface area contributed by atoms with Gasteiger partial charge in [0.2, 0.25) is 0 Å². The number of halogens is 2. The zero-order valence-corrected chi connectivity index (χ0v) is 13.8. The molecule has 0 fully saturated rings. The summed E-state index contributed by atoms with van der Waals surface area (Å²) >= 11 is 6.88. The Bertz CT molecular complexity index is 571. The maximum absolute atomic E-state index is 6.00. The molecule has 102 valence electrons. The fourth-order valence-electron chi connectivity index (χ4n) is 1.63. The fraction of sp³-hybridized carbons (Fsp3) is 0.333. The minimum atomic E-state index is -0.262. The SMILES string of the molecule is CN(C)CC(N)c1noc(-c2ccc(Br)cc2Br)n1. The number of benzene rings is 1. The highest BCUT2D eigenvalue weighted by molar-refractivity contribution is 9.11. The Morgan fingerprint density at radius 2 is 2.11 bits per heavy atom. The molecule has 2 aromatic rings. The molecule has 1 heterocycles. The fourth-order valence-corrected chi connectivity index (χ4v) is 2.85. The van der Waals surface area contributed by atoms with Crippen LogP contribution in [0.5, 0.6) is 0 Å². The molecule has 0 aliphatic carbocycles. The molecule has 1 aromatic heterocycles. The van der Waals surface area contributed by atoms with Crippen molar-refractivity contribution < 1.29 is 4.52 Å². The lowest BCUT2D eigenvalue weighted by molar-refractivity contribution is 0.357. The summed E-state index contributed by atoms with van der Waals surface area (Å²) in [7, 11) is 3.90. The third-order valence-electron chi connectivity index (χ3n) is 2.50. The van der Waals surface area contributed by atoms with E-state index in [9.17, 15) is 0 Å². The van der Waals surface area contributed by atoms with Crippen molar-refractivity contribution in [2.75, 3.05) is 20.6 Å². The number of nitrogens with zero attached hydrogens (tertiary/aromatic N) is 3. The first kappa shape index (κ1) is 14.6. The smallest absolute Gasteiger partial charge is 0.259 e. The van der Waals surface area contributed by atoms with Crippen LogP contribution < -0.4 is 5.73 Å². The molecule has 2 N–H and O–H groups in total. The predicted octanol–water partition coefficient (Wildman–Crippen LogP) is 2.82. The minimum Gasteiger partial charge on any atom is -0.334 e. The van der Waals surface area contributed by atoms with Crippen molar-refractivity contribution in [3.05, 3.63) is 33.0 Å². The van der Waals surface area contributed by atoms with Gasteiger partial charge in [-0.3, -0.25) is 0 Å². The van der Waals surface area contributed by atoms with Gasteiger partial charge < -0.3 is 15.2 Å². The van der Waals surface area contributed by atoms with Gasteiger partial charge in [-0.1, -0.05) is 21.1 Å². The molecule has 7 heteroatoms. The van der Waals surface area contributed by atoms with Gasteiger partial charge in [0.25, 0.3) is 5.89 Å². The molecule has 0 saturated carbocycles. The van der Waals surface area contributed by atoms with Crippen LogP contribution in [0.2, 0.25) is 0 Å². The monoisotopic (exact) mass is 388 g/mol. The van der Waals surface area contributed by atoms with Crippen LogP contribution in [0.15, 0.2) is 31.7 Å². The predicted molar refractivity (Wildman–Crippen MR) is 80.6 cm³/mol. The molecule has 0 aliphatic heterocycles. The third kappa shape index (κ3) is 3.62. The van der Waals surface area contributed by atoms with E-state index in [1.165, 1.54) is 0 Å². The van der Waals surface area contributed by atoms with Crippen LogP contribution in [0.1, 0.15) is 11.9 Å². The average Bonchev–Trinajstić information content (AvgIpc) is 2.77. The van der Waals surface area contributed by atoms with Crippen molar-refractivity contribution in [2.24, 2.45) is 5.73 Å². The first-order chi connectivity index (χ1) is 8.97. The van der Waals surface area contributed by atoms with Gasteiger partial charge in [-0.15, -0.1) is 0 Å². The first-order valence-electron chi connectivity index (χ1n) is 5.66. The summed E-state index contributed by atoms with van der Waals surface area (Å²) in [5, 5.41) is 3.94. The van der Waals surface area contributed by atoms with Crippen LogP contribution in [-0.2, 0) is 0 Å². The molecule has 2 rings (SSSR count). The van der Waals surface area contributed by atoms with E-state index in [2.05, 4.69) is 42.0 Å². The second kappa shape index (κ2) is 6.13. The highest BCUT2D eigenvalue weighted by Crippen LogP contribution is 2.30. The van der Waals surface area contributed by atoms with Gasteiger partial charge in [-0.2, -0.15) is 4.98 Å². The van der Waals surface area contributed by atoms with E-state index in [1.54, 1.807) is 0 Å². The molecular weight excluding hydrogens is 376 g/mol. The number of hydrogen-bond donors (Lipinski definition) is 1. The molecule has 1 unspecified atom stereocenters. The van der Waals surface area contributed by atoms with Gasteiger partial charge >= 0.3 is 0 Å². The van der Waals surface area contributed by atoms with Gasteiger partial charge in [0.1, 0.15) is 0 Å². The zero-order chi connectivity index (χ0) is 14.0. The lowest BCUT2D eigenvalue weighted by Gasteiger charge is -2.12. The van der Waals surface area contributed by atoms with E-state index in [4.69, 9.17) is 10.3 Å². The first-order valence-corrected chi connectivity index (χ1v) is 7.25. The lowest BCUT2D eigenvalue weighted by atomic mass is 10.2. The standard InChI is InChI=1S/C12H14Br2N4O/c1-18(2)6-10(15)11-16-12(19-17-11)8-4-3-7(13)5-9(8)14/h3-5,10H,6,15H2,1-2H3. The summed E-state index contributed by atoms with van der Waals surface area (Å²) in [6.07, 6.45) is 0. The summed E-state index contributed by atoms with van der Waals surface area (Å²) in [6.45, 7) is 0.667. The quantitative estimate of drug-likeness (QED) is 0.870. The van der Waals surface area contributed by atoms with Crippen LogP contribution in [-0.4, -0.2) is 35.7 Å². The number of nitrogens with two attached hydrogens (primary N) is 1. The Morgan fingerprint density at radius 3 is 2.74 bits per heavy atom. The van der Waals surface area contributed by atoms with E-state index in [0.29, 0.717) is 18.3 Å². The maximum Gasteiger partial charge on any atom is 0.259 e. The normalized spacial score (nSPS) is 12.9. The highest BCUT2D eigenvalue weighted by Gasteiger charge is 2.17. The third-order valence-corrected chi connectivity index (χ3v) is 3.65. The minimum absolute atomic E-state index is 0.262. The van der Waals surface area contributed by atoms with Gasteiger partial charge in [0.15, 0.2) is 5.82 Å². The Hall–Kier alpha value is -0.760. The zero-order valence-electron chi connectivity index (χ0n) is 10.6. The van der Waals surface area contributed by atoms with Crippen molar-refractivity contribution in [1.82, 2.24) is 15.0 Å². The maximum atomic E-state index is 6.00. The number of likely N-dealkylation sites (N-methyl/N-ethyl adjacent to an activating group) is 1.